The normalized spacial score (nSPS) is 13.0. The minimum Gasteiger partial charge on any atom is -0.463 e. The molecule has 0 heterocycles. The molecule has 4 nitrogen and oxygen atoms in total. The van der Waals surface area contributed by atoms with E-state index in [1.807, 2.05) is 41.5 Å². The van der Waals surface area contributed by atoms with E-state index in [4.69, 9.17) is 9.47 Å². The highest BCUT2D eigenvalue weighted by Crippen LogP contribution is 2.16. The summed E-state index contributed by atoms with van der Waals surface area (Å²) >= 11 is 0. The van der Waals surface area contributed by atoms with Crippen molar-refractivity contribution in [3.63, 3.8) is 0 Å². The van der Waals surface area contributed by atoms with E-state index >= 15 is 0 Å². The summed E-state index contributed by atoms with van der Waals surface area (Å²) in [4.78, 5) is 22.9. The Kier molecular flexibility index (Phi) is 18.1. The molecule has 0 saturated carbocycles. The summed E-state index contributed by atoms with van der Waals surface area (Å²) in [5.41, 5.74) is 0. The first-order valence-corrected chi connectivity index (χ1v) is 10.6. The van der Waals surface area contributed by atoms with Crippen molar-refractivity contribution in [1.29, 1.82) is 0 Å². The smallest absolute Gasteiger partial charge is 0.309 e. The Morgan fingerprint density at radius 3 is 1.15 bits per heavy atom. The van der Waals surface area contributed by atoms with Gasteiger partial charge in [0.25, 0.3) is 0 Å². The van der Waals surface area contributed by atoms with Gasteiger partial charge in [-0.2, -0.15) is 0 Å². The van der Waals surface area contributed by atoms with Gasteiger partial charge < -0.3 is 9.47 Å². The maximum Gasteiger partial charge on any atom is 0.309 e. The van der Waals surface area contributed by atoms with E-state index in [9.17, 15) is 9.59 Å². The molecular weight excluding hydrogens is 328 g/mol. The van der Waals surface area contributed by atoms with E-state index in [1.165, 1.54) is 0 Å². The third-order valence-corrected chi connectivity index (χ3v) is 4.17. The Balaban J connectivity index is 0. The molecule has 0 aliphatic rings. The maximum atomic E-state index is 11.5. The van der Waals surface area contributed by atoms with Crippen molar-refractivity contribution in [3.8, 4) is 0 Å². The summed E-state index contributed by atoms with van der Waals surface area (Å²) in [5.74, 6) is 0.182. The molecule has 0 N–H and O–H groups in total. The van der Waals surface area contributed by atoms with Crippen LogP contribution in [0.1, 0.15) is 107 Å². The second-order valence-electron chi connectivity index (χ2n) is 7.47. The molecule has 4 heteroatoms. The van der Waals surface area contributed by atoms with Gasteiger partial charge in [-0.15, -0.1) is 0 Å². The van der Waals surface area contributed by atoms with Crippen molar-refractivity contribution in [3.05, 3.63) is 0 Å². The Labute approximate surface area is 162 Å². The van der Waals surface area contributed by atoms with E-state index in [1.54, 1.807) is 0 Å². The van der Waals surface area contributed by atoms with Crippen molar-refractivity contribution in [2.75, 3.05) is 0 Å². The number of carbonyl (C=O) groups is 2. The SMILES string of the molecule is CCCCC(CC)C(=O)OC(C)C.CCCCC(CC)C(=O)OC(C)C. The van der Waals surface area contributed by atoms with Gasteiger partial charge in [-0.1, -0.05) is 53.4 Å². The lowest BCUT2D eigenvalue weighted by atomic mass is 10.00. The highest BCUT2D eigenvalue weighted by molar-refractivity contribution is 5.72. The van der Waals surface area contributed by atoms with Crippen LogP contribution in [-0.4, -0.2) is 24.1 Å². The van der Waals surface area contributed by atoms with E-state index in [0.29, 0.717) is 0 Å². The fourth-order valence-electron chi connectivity index (χ4n) is 2.54. The Morgan fingerprint density at radius 2 is 0.962 bits per heavy atom. The van der Waals surface area contributed by atoms with Gasteiger partial charge in [0.05, 0.1) is 24.0 Å². The molecule has 26 heavy (non-hydrogen) atoms. The van der Waals surface area contributed by atoms with Gasteiger partial charge in [0.1, 0.15) is 0 Å². The van der Waals surface area contributed by atoms with Gasteiger partial charge in [-0.05, 0) is 53.4 Å². The number of rotatable bonds is 12. The van der Waals surface area contributed by atoms with Crippen LogP contribution in [0.3, 0.4) is 0 Å². The summed E-state index contributed by atoms with van der Waals surface area (Å²) < 4.78 is 10.3. The lowest BCUT2D eigenvalue weighted by molar-refractivity contribution is -0.153. The molecule has 0 aromatic rings. The van der Waals surface area contributed by atoms with E-state index in [0.717, 1.165) is 51.4 Å². The van der Waals surface area contributed by atoms with Crippen molar-refractivity contribution in [2.45, 2.75) is 119 Å². The number of ether oxygens (including phenoxy) is 2. The summed E-state index contributed by atoms with van der Waals surface area (Å²) in [6, 6.07) is 0. The molecule has 0 radical (unpaired) electrons. The monoisotopic (exact) mass is 372 g/mol. The standard InChI is InChI=1S/2C11H22O2/c2*1-5-7-8-10(6-2)11(12)13-9(3)4/h2*9-10H,5-8H2,1-4H3. The number of unbranched alkanes of at least 4 members (excludes halogenated alkanes) is 2. The molecule has 0 aliphatic carbocycles. The average Bonchev–Trinajstić information content (AvgIpc) is 2.55. The molecule has 0 aliphatic heterocycles. The van der Waals surface area contributed by atoms with Gasteiger partial charge in [0, 0.05) is 0 Å². The summed E-state index contributed by atoms with van der Waals surface area (Å²) in [6.45, 7) is 15.9. The number of hydrogen-bond acceptors (Lipinski definition) is 4. The Bertz CT molecular complexity index is 316. The third kappa shape index (κ3) is 15.2. The molecule has 0 aromatic heterocycles. The zero-order chi connectivity index (χ0) is 20.5. The fraction of sp³-hybridized carbons (Fsp3) is 0.909. The van der Waals surface area contributed by atoms with Gasteiger partial charge >= 0.3 is 11.9 Å². The topological polar surface area (TPSA) is 52.6 Å². The summed E-state index contributed by atoms with van der Waals surface area (Å²) in [7, 11) is 0. The molecule has 0 spiro atoms. The lowest BCUT2D eigenvalue weighted by Crippen LogP contribution is -2.20. The van der Waals surface area contributed by atoms with Gasteiger partial charge in [-0.3, -0.25) is 9.59 Å². The molecule has 0 bridgehead atoms. The van der Waals surface area contributed by atoms with Crippen LogP contribution in [0.15, 0.2) is 0 Å². The maximum absolute atomic E-state index is 11.5. The summed E-state index contributed by atoms with van der Waals surface area (Å²) in [5, 5.41) is 0. The second kappa shape index (κ2) is 17.4. The molecule has 0 saturated heterocycles. The largest absolute Gasteiger partial charge is 0.463 e. The fourth-order valence-corrected chi connectivity index (χ4v) is 2.54. The molecule has 0 amide bonds. The lowest BCUT2D eigenvalue weighted by Gasteiger charge is -2.15. The van der Waals surface area contributed by atoms with Crippen LogP contribution in [0, 0.1) is 11.8 Å². The molecule has 2 atom stereocenters. The highest BCUT2D eigenvalue weighted by Gasteiger charge is 2.18. The zero-order valence-corrected chi connectivity index (χ0v) is 18.6. The first-order chi connectivity index (χ1) is 12.2. The number of carbonyl (C=O) groups excluding carboxylic acids is 2. The molecule has 156 valence electrons. The van der Waals surface area contributed by atoms with Gasteiger partial charge in [0.15, 0.2) is 0 Å². The van der Waals surface area contributed by atoms with Crippen molar-refractivity contribution >= 4 is 11.9 Å². The third-order valence-electron chi connectivity index (χ3n) is 4.17. The van der Waals surface area contributed by atoms with Crippen LogP contribution >= 0.6 is 0 Å². The molecule has 2 unspecified atom stereocenters. The van der Waals surface area contributed by atoms with Crippen molar-refractivity contribution < 1.29 is 19.1 Å². The second-order valence-corrected chi connectivity index (χ2v) is 7.47. The Hall–Kier alpha value is -1.06. The minimum atomic E-state index is -0.0223. The molecule has 0 rings (SSSR count). The first kappa shape index (κ1) is 27.2. The quantitative estimate of drug-likeness (QED) is 0.377. The van der Waals surface area contributed by atoms with E-state index in [-0.39, 0.29) is 36.0 Å². The van der Waals surface area contributed by atoms with Crippen LogP contribution in [-0.2, 0) is 19.1 Å². The van der Waals surface area contributed by atoms with Gasteiger partial charge in [0.2, 0.25) is 0 Å². The Morgan fingerprint density at radius 1 is 0.654 bits per heavy atom. The van der Waals surface area contributed by atoms with Crippen LogP contribution in [0.4, 0.5) is 0 Å². The van der Waals surface area contributed by atoms with Crippen LogP contribution in [0.25, 0.3) is 0 Å². The predicted molar refractivity (Wildman–Crippen MR) is 109 cm³/mol. The summed E-state index contributed by atoms with van der Waals surface area (Å²) in [6.07, 6.45) is 8.29. The molecule has 0 fully saturated rings. The van der Waals surface area contributed by atoms with Crippen LogP contribution in [0.5, 0.6) is 0 Å². The first-order valence-electron chi connectivity index (χ1n) is 10.6. The van der Waals surface area contributed by atoms with E-state index < -0.39 is 0 Å². The molecular formula is C22H44O4. The van der Waals surface area contributed by atoms with Crippen molar-refractivity contribution in [2.24, 2.45) is 11.8 Å². The van der Waals surface area contributed by atoms with Crippen LogP contribution < -0.4 is 0 Å². The van der Waals surface area contributed by atoms with Gasteiger partial charge in [-0.25, -0.2) is 0 Å². The van der Waals surface area contributed by atoms with Crippen LogP contribution in [0.2, 0.25) is 0 Å². The zero-order valence-electron chi connectivity index (χ0n) is 18.6. The van der Waals surface area contributed by atoms with E-state index in [2.05, 4.69) is 13.8 Å². The predicted octanol–water partition coefficient (Wildman–Crippen LogP) is 6.31. The number of hydrogen-bond donors (Lipinski definition) is 0. The number of esters is 2. The highest BCUT2D eigenvalue weighted by atomic mass is 16.5. The molecule has 0 aromatic carbocycles. The minimum absolute atomic E-state index is 0.0168. The average molecular weight is 373 g/mol. The van der Waals surface area contributed by atoms with Crippen molar-refractivity contribution in [1.82, 2.24) is 0 Å².